The van der Waals surface area contributed by atoms with Crippen LogP contribution < -0.4 is 4.74 Å². The molecule has 1 heterocycles. The summed E-state index contributed by atoms with van der Waals surface area (Å²) in [6.45, 7) is 7.19. The van der Waals surface area contributed by atoms with E-state index in [9.17, 15) is 4.79 Å². The molecule has 5 rings (SSSR count). The first-order valence-corrected chi connectivity index (χ1v) is 13.0. The lowest BCUT2D eigenvalue weighted by atomic mass is 9.52. The third kappa shape index (κ3) is 4.41. The second kappa shape index (κ2) is 8.65. The third-order valence-corrected chi connectivity index (χ3v) is 8.28. The summed E-state index contributed by atoms with van der Waals surface area (Å²) in [5.74, 6) is 1.45. The van der Waals surface area contributed by atoms with Gasteiger partial charge in [0.15, 0.2) is 0 Å². The van der Waals surface area contributed by atoms with E-state index in [1.54, 1.807) is 0 Å². The Bertz CT molecular complexity index is 1030. The number of fused-ring (bicyclic) bond motifs is 1. The molecule has 2 aliphatic carbocycles. The molecule has 2 aromatic carbocycles. The number of rotatable bonds is 3. The molecule has 1 saturated heterocycles. The quantitative estimate of drug-likeness (QED) is 0.444. The molecular weight excluding hydrogens is 478 g/mol. The van der Waals surface area contributed by atoms with E-state index >= 15 is 0 Å². The maximum absolute atomic E-state index is 13.1. The molecule has 3 unspecified atom stereocenters. The number of nitrogens with zero attached hydrogens (tertiary/aromatic N) is 1. The number of halogens is 1. The first kappa shape index (κ1) is 22.8. The highest BCUT2D eigenvalue weighted by atomic mass is 79.9. The van der Waals surface area contributed by atoms with Crippen molar-refractivity contribution in [2.75, 3.05) is 6.54 Å². The molecule has 5 heteroatoms. The molecule has 176 valence electrons. The molecular formula is C28H34BrNO3. The van der Waals surface area contributed by atoms with Gasteiger partial charge in [-0.1, -0.05) is 47.0 Å². The lowest BCUT2D eigenvalue weighted by molar-refractivity contribution is -0.0349. The highest BCUT2D eigenvalue weighted by Crippen LogP contribution is 2.56. The minimum absolute atomic E-state index is 0.149. The van der Waals surface area contributed by atoms with Gasteiger partial charge in [0, 0.05) is 22.5 Å². The predicted molar refractivity (Wildman–Crippen MR) is 134 cm³/mol. The number of ether oxygens (including phenoxy) is 2. The molecule has 2 bridgehead atoms. The predicted octanol–water partition coefficient (Wildman–Crippen LogP) is 7.02. The van der Waals surface area contributed by atoms with Crippen molar-refractivity contribution in [2.24, 2.45) is 5.92 Å². The van der Waals surface area contributed by atoms with E-state index in [-0.39, 0.29) is 17.6 Å². The first-order chi connectivity index (χ1) is 15.7. The lowest BCUT2D eigenvalue weighted by Crippen LogP contribution is -2.62. The van der Waals surface area contributed by atoms with Crippen molar-refractivity contribution >= 4 is 22.0 Å². The molecule has 0 aromatic heterocycles. The summed E-state index contributed by atoms with van der Waals surface area (Å²) >= 11 is 3.49. The summed E-state index contributed by atoms with van der Waals surface area (Å²) in [6, 6.07) is 15.2. The van der Waals surface area contributed by atoms with Gasteiger partial charge in [0.25, 0.3) is 0 Å². The normalized spacial score (nSPS) is 26.2. The van der Waals surface area contributed by atoms with Crippen LogP contribution in [0.3, 0.4) is 0 Å². The van der Waals surface area contributed by atoms with Gasteiger partial charge in [-0.3, -0.25) is 0 Å². The zero-order chi connectivity index (χ0) is 23.2. The molecule has 3 atom stereocenters. The number of likely N-dealkylation sites (tertiary alicyclic amines) is 1. The molecule has 0 radical (unpaired) electrons. The molecule has 1 amide bonds. The fourth-order valence-corrected chi connectivity index (χ4v) is 6.63. The molecule has 2 fully saturated rings. The van der Waals surface area contributed by atoms with Gasteiger partial charge in [-0.05, 0) is 93.3 Å². The standard InChI is InChI=1S/C28H34BrNO3/c1-27(2,3)33-26(31)30-15-14-28-13-5-4-6-23(28)25(30)16-20-9-12-22(17-24(20)28)32-18-19-7-10-21(29)11-8-19/h7-12,17,23,25H,4-6,13-16,18H2,1-3H3. The molecule has 1 saturated carbocycles. The van der Waals surface area contributed by atoms with Crippen LogP contribution in [-0.2, 0) is 23.2 Å². The summed E-state index contributed by atoms with van der Waals surface area (Å²) in [5.41, 5.74) is 3.70. The molecule has 3 aliphatic rings. The fraction of sp³-hybridized carbons (Fsp3) is 0.536. The Morgan fingerprint density at radius 1 is 1.12 bits per heavy atom. The molecule has 0 N–H and O–H groups in total. The highest BCUT2D eigenvalue weighted by molar-refractivity contribution is 9.10. The van der Waals surface area contributed by atoms with Gasteiger partial charge in [0.2, 0.25) is 0 Å². The van der Waals surface area contributed by atoms with Gasteiger partial charge in [-0.15, -0.1) is 0 Å². The van der Waals surface area contributed by atoms with Crippen molar-refractivity contribution in [1.82, 2.24) is 4.90 Å². The van der Waals surface area contributed by atoms with Crippen molar-refractivity contribution in [3.8, 4) is 5.75 Å². The van der Waals surface area contributed by atoms with E-state index < -0.39 is 5.60 Å². The van der Waals surface area contributed by atoms with Gasteiger partial charge in [-0.2, -0.15) is 0 Å². The summed E-state index contributed by atoms with van der Waals surface area (Å²) in [7, 11) is 0. The summed E-state index contributed by atoms with van der Waals surface area (Å²) in [4.78, 5) is 15.1. The number of hydrogen-bond donors (Lipinski definition) is 0. The Labute approximate surface area is 205 Å². The van der Waals surface area contributed by atoms with Crippen LogP contribution in [0.15, 0.2) is 46.9 Å². The number of piperidine rings is 1. The molecule has 2 aromatic rings. The third-order valence-electron chi connectivity index (χ3n) is 7.75. The lowest BCUT2D eigenvalue weighted by Gasteiger charge is -2.58. The topological polar surface area (TPSA) is 38.8 Å². The summed E-state index contributed by atoms with van der Waals surface area (Å²) in [6.07, 6.45) is 6.68. The van der Waals surface area contributed by atoms with E-state index in [4.69, 9.17) is 9.47 Å². The maximum Gasteiger partial charge on any atom is 0.410 e. The largest absolute Gasteiger partial charge is 0.489 e. The van der Waals surface area contributed by atoms with Gasteiger partial charge in [-0.25, -0.2) is 4.79 Å². The van der Waals surface area contributed by atoms with Gasteiger partial charge >= 0.3 is 6.09 Å². The Kier molecular flexibility index (Phi) is 5.97. The van der Waals surface area contributed by atoms with Crippen LogP contribution in [0, 0.1) is 5.92 Å². The average molecular weight is 512 g/mol. The van der Waals surface area contributed by atoms with Crippen molar-refractivity contribution in [2.45, 2.75) is 83.0 Å². The van der Waals surface area contributed by atoms with Crippen LogP contribution in [0.25, 0.3) is 0 Å². The SMILES string of the molecule is CC(C)(C)OC(=O)N1CCC23CCCCC2C1Cc1ccc(OCc2ccc(Br)cc2)cc13. The smallest absolute Gasteiger partial charge is 0.410 e. The average Bonchev–Trinajstić information content (AvgIpc) is 2.77. The fourth-order valence-electron chi connectivity index (χ4n) is 6.37. The van der Waals surface area contributed by atoms with E-state index in [0.29, 0.717) is 12.5 Å². The molecule has 0 spiro atoms. The summed E-state index contributed by atoms with van der Waals surface area (Å²) in [5, 5.41) is 0. The zero-order valence-corrected chi connectivity index (χ0v) is 21.5. The van der Waals surface area contributed by atoms with Gasteiger partial charge in [0.05, 0.1) is 0 Å². The monoisotopic (exact) mass is 511 g/mol. The van der Waals surface area contributed by atoms with Crippen LogP contribution in [0.2, 0.25) is 0 Å². The van der Waals surface area contributed by atoms with E-state index in [1.165, 1.54) is 36.8 Å². The van der Waals surface area contributed by atoms with Crippen LogP contribution in [0.1, 0.15) is 69.6 Å². The summed E-state index contributed by atoms with van der Waals surface area (Å²) < 4.78 is 13.1. The number of carbonyl (C=O) groups is 1. The van der Waals surface area contributed by atoms with Gasteiger partial charge in [0.1, 0.15) is 18.0 Å². The number of benzene rings is 2. The Hall–Kier alpha value is -2.01. The number of carbonyl (C=O) groups excluding carboxylic acids is 1. The minimum atomic E-state index is -0.466. The van der Waals surface area contributed by atoms with Crippen molar-refractivity contribution < 1.29 is 14.3 Å². The Balaban J connectivity index is 1.42. The van der Waals surface area contributed by atoms with Crippen LogP contribution in [-0.4, -0.2) is 29.2 Å². The number of amides is 1. The number of hydrogen-bond acceptors (Lipinski definition) is 3. The van der Waals surface area contributed by atoms with Crippen LogP contribution in [0.4, 0.5) is 4.79 Å². The Morgan fingerprint density at radius 2 is 1.91 bits per heavy atom. The highest BCUT2D eigenvalue weighted by Gasteiger charge is 2.55. The first-order valence-electron chi connectivity index (χ1n) is 12.3. The molecule has 4 nitrogen and oxygen atoms in total. The molecule has 33 heavy (non-hydrogen) atoms. The maximum atomic E-state index is 13.1. The zero-order valence-electron chi connectivity index (χ0n) is 19.9. The van der Waals surface area contributed by atoms with Crippen molar-refractivity contribution in [3.63, 3.8) is 0 Å². The second-order valence-corrected chi connectivity index (χ2v) is 11.9. The van der Waals surface area contributed by atoms with Crippen LogP contribution >= 0.6 is 15.9 Å². The van der Waals surface area contributed by atoms with Crippen molar-refractivity contribution in [1.29, 1.82) is 0 Å². The van der Waals surface area contributed by atoms with E-state index in [0.717, 1.165) is 35.2 Å². The van der Waals surface area contributed by atoms with E-state index in [1.807, 2.05) is 25.7 Å². The van der Waals surface area contributed by atoms with Gasteiger partial charge < -0.3 is 14.4 Å². The Morgan fingerprint density at radius 3 is 2.67 bits per heavy atom. The second-order valence-electron chi connectivity index (χ2n) is 10.9. The molecule has 1 aliphatic heterocycles. The van der Waals surface area contributed by atoms with Crippen molar-refractivity contribution in [3.05, 3.63) is 63.6 Å². The van der Waals surface area contributed by atoms with E-state index in [2.05, 4.69) is 58.4 Å². The van der Waals surface area contributed by atoms with Crippen LogP contribution in [0.5, 0.6) is 5.75 Å². The minimum Gasteiger partial charge on any atom is -0.489 e.